The van der Waals surface area contributed by atoms with E-state index in [4.69, 9.17) is 0 Å². The summed E-state index contributed by atoms with van der Waals surface area (Å²) in [7, 11) is 0. The average Bonchev–Trinajstić information content (AvgIpc) is 3.19. The Kier molecular flexibility index (Phi) is 4.50. The Labute approximate surface area is 176 Å². The number of nitrogens with one attached hydrogen (secondary N) is 2. The number of halogens is 1. The number of fused-ring (bicyclic) bond motifs is 2. The van der Waals surface area contributed by atoms with Gasteiger partial charge in [0.15, 0.2) is 11.5 Å². The Morgan fingerprint density at radius 2 is 2.06 bits per heavy atom. The predicted octanol–water partition coefficient (Wildman–Crippen LogP) is 2.21. The number of carbonyl (C=O) groups is 1. The van der Waals surface area contributed by atoms with Crippen molar-refractivity contribution in [1.82, 2.24) is 34.5 Å². The molecule has 2 N–H and O–H groups in total. The van der Waals surface area contributed by atoms with Gasteiger partial charge in [-0.1, -0.05) is 13.8 Å². The lowest BCUT2D eigenvalue weighted by molar-refractivity contribution is -0.117. The molecule has 4 aromatic rings. The van der Waals surface area contributed by atoms with Gasteiger partial charge in [0.2, 0.25) is 11.9 Å². The largest absolute Gasteiger partial charge is 0.342 e. The van der Waals surface area contributed by atoms with Crippen LogP contribution < -0.4 is 10.6 Å². The third-order valence-electron chi connectivity index (χ3n) is 5.05. The second-order valence-electron chi connectivity index (χ2n) is 7.54. The molecule has 1 amide bonds. The molecule has 0 bridgehead atoms. The molecule has 1 atom stereocenters. The maximum atomic E-state index is 13.8. The molecule has 156 valence electrons. The van der Waals surface area contributed by atoms with Gasteiger partial charge in [0.05, 0.1) is 12.4 Å². The molecule has 5 heterocycles. The first-order valence-electron chi connectivity index (χ1n) is 9.72. The van der Waals surface area contributed by atoms with Crippen molar-refractivity contribution in [2.45, 2.75) is 32.2 Å². The van der Waals surface area contributed by atoms with Crippen LogP contribution in [0.15, 0.2) is 37.2 Å². The van der Waals surface area contributed by atoms with Gasteiger partial charge < -0.3 is 10.6 Å². The number of carbonyl (C=O) groups excluding carboxylic acids is 1. The summed E-state index contributed by atoms with van der Waals surface area (Å²) in [6.07, 6.45) is 7.76. The van der Waals surface area contributed by atoms with Gasteiger partial charge in [-0.25, -0.2) is 19.3 Å². The Morgan fingerprint density at radius 3 is 2.87 bits per heavy atom. The molecule has 5 rings (SSSR count). The molecule has 0 saturated carbocycles. The van der Waals surface area contributed by atoms with E-state index in [0.29, 0.717) is 29.4 Å². The van der Waals surface area contributed by atoms with Gasteiger partial charge in [-0.05, 0) is 12.0 Å². The molecule has 31 heavy (non-hydrogen) atoms. The fourth-order valence-electron chi connectivity index (χ4n) is 3.47. The minimum atomic E-state index is -0.623. The number of hydrogen-bond acceptors (Lipinski definition) is 8. The van der Waals surface area contributed by atoms with Gasteiger partial charge in [0.25, 0.3) is 0 Å². The number of anilines is 2. The van der Waals surface area contributed by atoms with E-state index in [9.17, 15) is 9.18 Å². The lowest BCUT2D eigenvalue weighted by Gasteiger charge is -2.24. The van der Waals surface area contributed by atoms with Crippen LogP contribution in [-0.4, -0.2) is 46.5 Å². The molecule has 1 aliphatic heterocycles. The summed E-state index contributed by atoms with van der Waals surface area (Å²) in [5.41, 5.74) is 2.71. The van der Waals surface area contributed by atoms with E-state index in [1.54, 1.807) is 16.9 Å². The Hall–Kier alpha value is -4.02. The number of aromatic nitrogens is 7. The maximum absolute atomic E-state index is 13.8. The van der Waals surface area contributed by atoms with Gasteiger partial charge in [-0.3, -0.25) is 9.78 Å². The first-order chi connectivity index (χ1) is 15.0. The van der Waals surface area contributed by atoms with Crippen molar-refractivity contribution >= 4 is 23.3 Å². The number of hydrogen-bond donors (Lipinski definition) is 2. The summed E-state index contributed by atoms with van der Waals surface area (Å²) < 4.78 is 15.3. The second-order valence-corrected chi connectivity index (χ2v) is 7.54. The quantitative estimate of drug-likeness (QED) is 0.516. The Morgan fingerprint density at radius 1 is 1.19 bits per heavy atom. The highest BCUT2D eigenvalue weighted by Gasteiger charge is 2.29. The Balaban J connectivity index is 1.60. The molecular formula is C20H18FN9O. The van der Waals surface area contributed by atoms with E-state index >= 15 is 0 Å². The van der Waals surface area contributed by atoms with E-state index in [2.05, 4.69) is 40.7 Å². The molecule has 0 fully saturated rings. The summed E-state index contributed by atoms with van der Waals surface area (Å²) in [6, 6.07) is 0.691. The van der Waals surface area contributed by atoms with Crippen LogP contribution in [0.1, 0.15) is 30.9 Å². The monoisotopic (exact) mass is 419 g/mol. The van der Waals surface area contributed by atoms with Crippen molar-refractivity contribution in [2.24, 2.45) is 0 Å². The molecule has 10 nitrogen and oxygen atoms in total. The lowest BCUT2D eigenvalue weighted by atomic mass is 10.0. The second kappa shape index (κ2) is 7.35. The summed E-state index contributed by atoms with van der Waals surface area (Å²) >= 11 is 0. The number of amides is 1. The average molecular weight is 419 g/mol. The SMILES string of the molecule is CC(C)c1cnn2c(NC3Cc4cncnc4NC3=O)nc(-c3cncc(F)c3)nc12. The van der Waals surface area contributed by atoms with Crippen molar-refractivity contribution < 1.29 is 9.18 Å². The molecule has 0 radical (unpaired) electrons. The van der Waals surface area contributed by atoms with Gasteiger partial charge in [0.1, 0.15) is 24.0 Å². The standard InChI is InChI=1S/C20H18FN9O/c1-10(2)14-8-25-30-18(14)27-17(11-3-13(21)7-22-5-11)29-20(30)26-15-4-12-6-23-9-24-16(12)28-19(15)31/h3,5-10,15H,4H2,1-2H3,(H,26,27,29)(H,23,24,28,31). The number of rotatable bonds is 4. The van der Waals surface area contributed by atoms with Gasteiger partial charge in [-0.2, -0.15) is 14.6 Å². The van der Waals surface area contributed by atoms with E-state index in [0.717, 1.165) is 17.3 Å². The molecule has 1 aliphatic rings. The highest BCUT2D eigenvalue weighted by atomic mass is 19.1. The molecule has 4 aromatic heterocycles. The van der Waals surface area contributed by atoms with Crippen LogP contribution in [0.2, 0.25) is 0 Å². The molecule has 11 heteroatoms. The van der Waals surface area contributed by atoms with Crippen LogP contribution in [0.25, 0.3) is 17.0 Å². The van der Waals surface area contributed by atoms with Crippen LogP contribution in [0, 0.1) is 5.82 Å². The molecule has 0 spiro atoms. The lowest BCUT2D eigenvalue weighted by Crippen LogP contribution is -2.41. The number of nitrogens with zero attached hydrogens (tertiary/aromatic N) is 7. The van der Waals surface area contributed by atoms with Gasteiger partial charge >= 0.3 is 0 Å². The van der Waals surface area contributed by atoms with Gasteiger partial charge in [-0.15, -0.1) is 0 Å². The van der Waals surface area contributed by atoms with Crippen molar-refractivity contribution in [2.75, 3.05) is 10.6 Å². The summed E-state index contributed by atoms with van der Waals surface area (Å²) in [5.74, 6) is 0.514. The third-order valence-corrected chi connectivity index (χ3v) is 5.05. The Bertz CT molecular complexity index is 1300. The summed E-state index contributed by atoms with van der Waals surface area (Å²) in [5, 5.41) is 10.3. The van der Waals surface area contributed by atoms with Crippen molar-refractivity contribution in [3.05, 3.63) is 54.1 Å². The van der Waals surface area contributed by atoms with Crippen molar-refractivity contribution in [3.8, 4) is 11.4 Å². The number of pyridine rings is 1. The fraction of sp³-hybridized carbons (Fsp3) is 0.250. The van der Waals surface area contributed by atoms with Crippen LogP contribution >= 0.6 is 0 Å². The highest BCUT2D eigenvalue weighted by molar-refractivity contribution is 5.98. The van der Waals surface area contributed by atoms with Crippen molar-refractivity contribution in [1.29, 1.82) is 0 Å². The molecule has 0 aromatic carbocycles. The van der Waals surface area contributed by atoms with Gasteiger partial charge in [0, 0.05) is 35.5 Å². The van der Waals surface area contributed by atoms with E-state index < -0.39 is 11.9 Å². The zero-order valence-electron chi connectivity index (χ0n) is 16.7. The first kappa shape index (κ1) is 19.0. The highest BCUT2D eigenvalue weighted by Crippen LogP contribution is 2.26. The van der Waals surface area contributed by atoms with Crippen LogP contribution in [0.3, 0.4) is 0 Å². The van der Waals surface area contributed by atoms with E-state index in [-0.39, 0.29) is 17.6 Å². The van der Waals surface area contributed by atoms with E-state index in [1.165, 1.54) is 18.6 Å². The fourth-order valence-corrected chi connectivity index (χ4v) is 3.47. The predicted molar refractivity (Wildman–Crippen MR) is 110 cm³/mol. The summed E-state index contributed by atoms with van der Waals surface area (Å²) in [4.78, 5) is 33.8. The van der Waals surface area contributed by atoms with Crippen molar-refractivity contribution in [3.63, 3.8) is 0 Å². The molecule has 0 saturated heterocycles. The molecule has 1 unspecified atom stereocenters. The zero-order chi connectivity index (χ0) is 21.5. The van der Waals surface area contributed by atoms with Crippen LogP contribution in [0.4, 0.5) is 16.2 Å². The molecular weight excluding hydrogens is 401 g/mol. The summed E-state index contributed by atoms with van der Waals surface area (Å²) in [6.45, 7) is 4.06. The maximum Gasteiger partial charge on any atom is 0.248 e. The minimum absolute atomic E-state index is 0.153. The van der Waals surface area contributed by atoms with Crippen LogP contribution in [-0.2, 0) is 11.2 Å². The normalized spacial score (nSPS) is 15.7. The van der Waals surface area contributed by atoms with E-state index in [1.807, 2.05) is 13.8 Å². The topological polar surface area (TPSA) is 123 Å². The smallest absolute Gasteiger partial charge is 0.248 e. The van der Waals surface area contributed by atoms with Crippen LogP contribution in [0.5, 0.6) is 0 Å². The third kappa shape index (κ3) is 3.43. The first-order valence-corrected chi connectivity index (χ1v) is 9.72. The zero-order valence-corrected chi connectivity index (χ0v) is 16.7. The molecule has 0 aliphatic carbocycles. The minimum Gasteiger partial charge on any atom is -0.342 e.